The maximum Gasteiger partial charge on any atom is 0.318 e. The van der Waals surface area contributed by atoms with Crippen molar-refractivity contribution >= 4 is 33.9 Å². The number of nitrogens with two attached hydrogens (primary N) is 1. The van der Waals surface area contributed by atoms with Crippen LogP contribution in [0.4, 0.5) is 11.5 Å². The van der Waals surface area contributed by atoms with Crippen LogP contribution in [0.15, 0.2) is 36.4 Å². The molecule has 0 amide bonds. The maximum atomic E-state index is 6.72. The SMILES string of the molecule is CN1CCCC1COc1nc2c(c(N3C[C@H]4C[C@@H](CCN)[C@@H](C3)N4)n1)CCN(c1cccc3cccc(Cl)c13)C2. The topological polar surface area (TPSA) is 82.8 Å². The molecule has 0 saturated carbocycles. The highest BCUT2D eigenvalue weighted by molar-refractivity contribution is 6.36. The summed E-state index contributed by atoms with van der Waals surface area (Å²) in [6.45, 7) is 6.04. The first kappa shape index (κ1) is 26.3. The molecule has 2 aromatic carbocycles. The van der Waals surface area contributed by atoms with Crippen molar-refractivity contribution in [3.8, 4) is 6.01 Å². The zero-order valence-corrected chi connectivity index (χ0v) is 24.1. The fraction of sp³-hybridized carbons (Fsp3) is 0.548. The second-order valence-electron chi connectivity index (χ2n) is 12.1. The molecular weight excluding hydrogens is 522 g/mol. The number of halogens is 1. The Labute approximate surface area is 241 Å². The van der Waals surface area contributed by atoms with Crippen molar-refractivity contribution < 1.29 is 4.74 Å². The fourth-order valence-electron chi connectivity index (χ4n) is 7.47. The second kappa shape index (κ2) is 11.0. The van der Waals surface area contributed by atoms with Gasteiger partial charge < -0.3 is 30.5 Å². The number of likely N-dealkylation sites (N-methyl/N-ethyl adjacent to an activating group) is 1. The maximum absolute atomic E-state index is 6.72. The summed E-state index contributed by atoms with van der Waals surface area (Å²) < 4.78 is 6.35. The summed E-state index contributed by atoms with van der Waals surface area (Å²) in [7, 11) is 2.18. The van der Waals surface area contributed by atoms with E-state index >= 15 is 0 Å². The predicted octanol–water partition coefficient (Wildman–Crippen LogP) is 3.83. The fourth-order valence-corrected chi connectivity index (χ4v) is 7.75. The number of fused-ring (bicyclic) bond motifs is 4. The van der Waals surface area contributed by atoms with Crippen molar-refractivity contribution in [2.75, 3.05) is 56.2 Å². The van der Waals surface area contributed by atoms with Gasteiger partial charge in [-0.2, -0.15) is 9.97 Å². The molecule has 40 heavy (non-hydrogen) atoms. The smallest absolute Gasteiger partial charge is 0.318 e. The molecule has 1 unspecified atom stereocenters. The molecule has 5 heterocycles. The third kappa shape index (κ3) is 4.89. The van der Waals surface area contributed by atoms with Crippen LogP contribution in [0.2, 0.25) is 5.02 Å². The summed E-state index contributed by atoms with van der Waals surface area (Å²) in [4.78, 5) is 17.5. The summed E-state index contributed by atoms with van der Waals surface area (Å²) in [5, 5.41) is 6.89. The lowest BCUT2D eigenvalue weighted by molar-refractivity contribution is 0.187. The molecule has 3 aromatic rings. The first-order valence-electron chi connectivity index (χ1n) is 14.9. The quantitative estimate of drug-likeness (QED) is 0.450. The minimum atomic E-state index is 0.421. The Bertz CT molecular complexity index is 1380. The van der Waals surface area contributed by atoms with E-state index in [2.05, 4.69) is 51.3 Å². The van der Waals surface area contributed by atoms with Crippen molar-refractivity contribution in [1.82, 2.24) is 20.2 Å². The third-order valence-corrected chi connectivity index (χ3v) is 9.89. The average molecular weight is 562 g/mol. The summed E-state index contributed by atoms with van der Waals surface area (Å²) in [5.41, 5.74) is 9.45. The zero-order valence-electron chi connectivity index (χ0n) is 23.4. The van der Waals surface area contributed by atoms with Gasteiger partial charge in [0.15, 0.2) is 0 Å². The van der Waals surface area contributed by atoms with Gasteiger partial charge in [0.1, 0.15) is 12.4 Å². The van der Waals surface area contributed by atoms with E-state index in [1.54, 1.807) is 0 Å². The van der Waals surface area contributed by atoms with Crippen LogP contribution in [0.1, 0.15) is 36.9 Å². The van der Waals surface area contributed by atoms with E-state index < -0.39 is 0 Å². The minimum absolute atomic E-state index is 0.421. The summed E-state index contributed by atoms with van der Waals surface area (Å²) in [6.07, 6.45) is 5.54. The Balaban J connectivity index is 1.22. The summed E-state index contributed by atoms with van der Waals surface area (Å²) >= 11 is 6.72. The van der Waals surface area contributed by atoms with Gasteiger partial charge in [-0.1, -0.05) is 35.9 Å². The van der Waals surface area contributed by atoms with E-state index in [-0.39, 0.29) is 0 Å². The standard InChI is InChI=1S/C31H40ClN7O/c1-37-13-4-7-23(37)19-40-31-35-27-18-38(28-9-3-6-20-5-2-8-25(32)29(20)28)14-11-24(27)30(36-31)39-16-22-15-21(10-12-33)26(17-39)34-22/h2-3,5-6,8-9,21-23,26,34H,4,7,10-19,33H2,1H3/t21-,22-,23?,26-/m1/s1. The van der Waals surface area contributed by atoms with Crippen molar-refractivity contribution in [2.45, 2.75) is 56.8 Å². The molecule has 9 heteroatoms. The molecule has 3 N–H and O–H groups in total. The number of aromatic nitrogens is 2. The van der Waals surface area contributed by atoms with Crippen molar-refractivity contribution in [3.63, 3.8) is 0 Å². The van der Waals surface area contributed by atoms with E-state index in [0.717, 1.165) is 85.0 Å². The average Bonchev–Trinajstić information content (AvgIpc) is 3.51. The van der Waals surface area contributed by atoms with Gasteiger partial charge in [0.2, 0.25) is 0 Å². The Morgan fingerprint density at radius 1 is 1.10 bits per heavy atom. The van der Waals surface area contributed by atoms with Crippen LogP contribution in [0.25, 0.3) is 10.8 Å². The molecule has 0 spiro atoms. The number of anilines is 2. The van der Waals surface area contributed by atoms with E-state index in [1.165, 1.54) is 18.4 Å². The normalized spacial score (nSPS) is 26.5. The van der Waals surface area contributed by atoms with E-state index in [9.17, 15) is 0 Å². The molecule has 0 aliphatic carbocycles. The van der Waals surface area contributed by atoms with E-state index in [4.69, 9.17) is 32.0 Å². The minimum Gasteiger partial charge on any atom is -0.462 e. The molecule has 0 radical (unpaired) electrons. The van der Waals surface area contributed by atoms with E-state index in [1.807, 2.05) is 12.1 Å². The molecule has 7 rings (SSSR count). The number of hydrogen-bond acceptors (Lipinski definition) is 8. The largest absolute Gasteiger partial charge is 0.462 e. The molecule has 4 aliphatic heterocycles. The number of hydrogen-bond donors (Lipinski definition) is 2. The number of ether oxygens (including phenoxy) is 1. The number of piperazine rings is 1. The Kier molecular flexibility index (Phi) is 7.20. The molecule has 4 aliphatic rings. The monoisotopic (exact) mass is 561 g/mol. The zero-order chi connectivity index (χ0) is 27.2. The molecule has 1 aromatic heterocycles. The van der Waals surface area contributed by atoms with Gasteiger partial charge in [-0.3, -0.25) is 0 Å². The van der Waals surface area contributed by atoms with Crippen LogP contribution in [0.3, 0.4) is 0 Å². The molecule has 4 atom stereocenters. The summed E-state index contributed by atoms with van der Waals surface area (Å²) in [5.74, 6) is 1.71. The van der Waals surface area contributed by atoms with Gasteiger partial charge >= 0.3 is 6.01 Å². The third-order valence-electron chi connectivity index (χ3n) is 9.57. The van der Waals surface area contributed by atoms with Crippen LogP contribution in [0.5, 0.6) is 6.01 Å². The van der Waals surface area contributed by atoms with Crippen LogP contribution in [-0.4, -0.2) is 79.4 Å². The summed E-state index contributed by atoms with van der Waals surface area (Å²) in [6, 6.07) is 14.4. The highest BCUT2D eigenvalue weighted by Crippen LogP contribution is 2.38. The highest BCUT2D eigenvalue weighted by Gasteiger charge is 2.40. The lowest BCUT2D eigenvalue weighted by Crippen LogP contribution is -2.53. The first-order chi connectivity index (χ1) is 19.6. The molecule has 3 saturated heterocycles. The Morgan fingerprint density at radius 2 is 1.98 bits per heavy atom. The molecule has 212 valence electrons. The second-order valence-corrected chi connectivity index (χ2v) is 12.5. The molecule has 8 nitrogen and oxygen atoms in total. The van der Waals surface area contributed by atoms with E-state index in [0.29, 0.717) is 43.2 Å². The number of rotatable bonds is 7. The molecule has 2 bridgehead atoms. The lowest BCUT2D eigenvalue weighted by atomic mass is 9.96. The van der Waals surface area contributed by atoms with Gasteiger partial charge in [0.25, 0.3) is 0 Å². The Morgan fingerprint density at radius 3 is 2.80 bits per heavy atom. The molecular formula is C31H40ClN7O. The lowest BCUT2D eigenvalue weighted by Gasteiger charge is -2.38. The van der Waals surface area contributed by atoms with Crippen molar-refractivity contribution in [3.05, 3.63) is 52.7 Å². The highest BCUT2D eigenvalue weighted by atomic mass is 35.5. The molecule has 3 fully saturated rings. The van der Waals surface area contributed by atoms with Gasteiger partial charge in [-0.25, -0.2) is 0 Å². The number of nitrogens with zero attached hydrogens (tertiary/aromatic N) is 5. The number of likely N-dealkylation sites (tertiary alicyclic amines) is 1. The number of nitrogens with one attached hydrogen (secondary N) is 1. The number of benzene rings is 2. The first-order valence-corrected chi connectivity index (χ1v) is 15.3. The van der Waals surface area contributed by atoms with Crippen LogP contribution in [-0.2, 0) is 13.0 Å². The van der Waals surface area contributed by atoms with Gasteiger partial charge in [0.05, 0.1) is 17.3 Å². The van der Waals surface area contributed by atoms with Gasteiger partial charge in [-0.15, -0.1) is 0 Å². The van der Waals surface area contributed by atoms with Crippen LogP contribution >= 0.6 is 11.6 Å². The van der Waals surface area contributed by atoms with Crippen molar-refractivity contribution in [1.29, 1.82) is 0 Å². The van der Waals surface area contributed by atoms with Crippen molar-refractivity contribution in [2.24, 2.45) is 11.7 Å². The van der Waals surface area contributed by atoms with Gasteiger partial charge in [0, 0.05) is 54.4 Å². The predicted molar refractivity (Wildman–Crippen MR) is 162 cm³/mol. The van der Waals surface area contributed by atoms with Gasteiger partial charge in [-0.05, 0) is 75.7 Å². The Hall–Kier alpha value is -2.65. The van der Waals surface area contributed by atoms with Crippen LogP contribution < -0.4 is 25.6 Å². The van der Waals surface area contributed by atoms with Crippen LogP contribution in [0, 0.1) is 5.92 Å².